The van der Waals surface area contributed by atoms with Crippen LogP contribution in [0.3, 0.4) is 0 Å². The summed E-state index contributed by atoms with van der Waals surface area (Å²) in [5.41, 5.74) is 1.26. The van der Waals surface area contributed by atoms with Gasteiger partial charge in [-0.2, -0.15) is 0 Å². The molecule has 0 saturated heterocycles. The van der Waals surface area contributed by atoms with Gasteiger partial charge in [-0.3, -0.25) is 14.2 Å². The standard InChI is InChI=1S/C23H29N3O3S2/c1-14(2)10-11-26-22(28)19-17-8-4-5-9-18(17)31-21(19)25-23(26)30-15(3)20(27)24-13-16-7-6-12-29-16/h6-7,12,14-15H,4-5,8-11,13H2,1-3H3,(H,24,27). The Morgan fingerprint density at radius 3 is 2.87 bits per heavy atom. The Balaban J connectivity index is 1.62. The first-order valence-electron chi connectivity index (χ1n) is 11.0. The predicted octanol–water partition coefficient (Wildman–Crippen LogP) is 4.77. The summed E-state index contributed by atoms with van der Waals surface area (Å²) in [6, 6.07) is 3.63. The molecule has 0 aliphatic heterocycles. The van der Waals surface area contributed by atoms with E-state index in [1.807, 2.05) is 13.0 Å². The number of thiophene rings is 1. The topological polar surface area (TPSA) is 77.1 Å². The van der Waals surface area contributed by atoms with Gasteiger partial charge in [-0.25, -0.2) is 4.98 Å². The first-order valence-corrected chi connectivity index (χ1v) is 12.7. The van der Waals surface area contributed by atoms with Gasteiger partial charge in [-0.1, -0.05) is 25.6 Å². The van der Waals surface area contributed by atoms with Crippen molar-refractivity contribution in [1.82, 2.24) is 14.9 Å². The van der Waals surface area contributed by atoms with Crippen LogP contribution in [-0.2, 0) is 30.7 Å². The maximum Gasteiger partial charge on any atom is 0.263 e. The lowest BCUT2D eigenvalue weighted by molar-refractivity contribution is -0.120. The van der Waals surface area contributed by atoms with Crippen molar-refractivity contribution in [1.29, 1.82) is 0 Å². The summed E-state index contributed by atoms with van der Waals surface area (Å²) in [7, 11) is 0. The van der Waals surface area contributed by atoms with E-state index in [1.54, 1.807) is 28.2 Å². The molecule has 0 spiro atoms. The number of fused-ring (bicyclic) bond motifs is 3. The number of nitrogens with zero attached hydrogens (tertiary/aromatic N) is 2. The Hall–Kier alpha value is -2.06. The molecule has 1 atom stereocenters. The average molecular weight is 460 g/mol. The third-order valence-electron chi connectivity index (χ3n) is 5.64. The van der Waals surface area contributed by atoms with E-state index in [9.17, 15) is 9.59 Å². The van der Waals surface area contributed by atoms with Gasteiger partial charge in [0, 0.05) is 11.4 Å². The minimum atomic E-state index is -0.376. The Kier molecular flexibility index (Phi) is 6.86. The Bertz CT molecular complexity index is 1120. The van der Waals surface area contributed by atoms with Gasteiger partial charge in [0.2, 0.25) is 5.91 Å². The van der Waals surface area contributed by atoms with Gasteiger partial charge in [0.1, 0.15) is 10.6 Å². The van der Waals surface area contributed by atoms with Gasteiger partial charge in [0.15, 0.2) is 5.16 Å². The molecule has 0 fully saturated rings. The quantitative estimate of drug-likeness (QED) is 0.388. The molecule has 0 bridgehead atoms. The predicted molar refractivity (Wildman–Crippen MR) is 126 cm³/mol. The maximum absolute atomic E-state index is 13.5. The first-order chi connectivity index (χ1) is 14.9. The molecule has 3 aromatic rings. The summed E-state index contributed by atoms with van der Waals surface area (Å²) in [6.07, 6.45) is 6.80. The zero-order valence-electron chi connectivity index (χ0n) is 18.3. The fraction of sp³-hybridized carbons (Fsp3) is 0.522. The van der Waals surface area contributed by atoms with Crippen LogP contribution in [0, 0.1) is 5.92 Å². The first kappa shape index (κ1) is 22.1. The molecular weight excluding hydrogens is 430 g/mol. The molecule has 8 heteroatoms. The average Bonchev–Trinajstić information content (AvgIpc) is 3.38. The van der Waals surface area contributed by atoms with E-state index in [4.69, 9.17) is 9.40 Å². The van der Waals surface area contributed by atoms with E-state index in [-0.39, 0.29) is 16.7 Å². The number of amides is 1. The van der Waals surface area contributed by atoms with Crippen molar-refractivity contribution >= 4 is 39.2 Å². The molecule has 1 aliphatic rings. The van der Waals surface area contributed by atoms with Crippen molar-refractivity contribution in [2.24, 2.45) is 5.92 Å². The monoisotopic (exact) mass is 459 g/mol. The van der Waals surface area contributed by atoms with E-state index >= 15 is 0 Å². The minimum Gasteiger partial charge on any atom is -0.467 e. The molecule has 3 heterocycles. The van der Waals surface area contributed by atoms with Gasteiger partial charge < -0.3 is 9.73 Å². The van der Waals surface area contributed by atoms with Gasteiger partial charge in [-0.05, 0) is 62.6 Å². The molecule has 0 saturated carbocycles. The fourth-order valence-corrected chi connectivity index (χ4v) is 6.10. The molecule has 0 aromatic carbocycles. The summed E-state index contributed by atoms with van der Waals surface area (Å²) in [5.74, 6) is 1.09. The second kappa shape index (κ2) is 9.61. The number of rotatable bonds is 8. The SMILES string of the molecule is CC(C)CCn1c(SC(C)C(=O)NCc2ccco2)nc2sc3c(c2c1=O)CCCC3. The highest BCUT2D eigenvalue weighted by Crippen LogP contribution is 2.35. The van der Waals surface area contributed by atoms with Gasteiger partial charge in [-0.15, -0.1) is 11.3 Å². The van der Waals surface area contributed by atoms with Crippen molar-refractivity contribution in [3.8, 4) is 0 Å². The van der Waals surface area contributed by atoms with Crippen LogP contribution in [-0.4, -0.2) is 20.7 Å². The van der Waals surface area contributed by atoms with Gasteiger partial charge in [0.25, 0.3) is 5.56 Å². The third kappa shape index (κ3) is 4.90. The molecular formula is C23H29N3O3S2. The highest BCUT2D eigenvalue weighted by molar-refractivity contribution is 8.00. The van der Waals surface area contributed by atoms with Gasteiger partial charge in [0.05, 0.1) is 23.4 Å². The number of nitrogens with one attached hydrogen (secondary N) is 1. The lowest BCUT2D eigenvalue weighted by atomic mass is 9.97. The van der Waals surface area contributed by atoms with Crippen molar-refractivity contribution in [3.05, 3.63) is 45.0 Å². The summed E-state index contributed by atoms with van der Waals surface area (Å²) in [4.78, 5) is 33.2. The summed E-state index contributed by atoms with van der Waals surface area (Å²) in [5, 5.41) is 3.97. The molecule has 1 unspecified atom stereocenters. The van der Waals surface area contributed by atoms with E-state index < -0.39 is 0 Å². The van der Waals surface area contributed by atoms with Crippen LogP contribution in [0.15, 0.2) is 32.8 Å². The number of aryl methyl sites for hydroxylation is 2. The van der Waals surface area contributed by atoms with Crippen LogP contribution in [0.25, 0.3) is 10.2 Å². The molecule has 31 heavy (non-hydrogen) atoms. The molecule has 4 rings (SSSR count). The molecule has 1 aliphatic carbocycles. The summed E-state index contributed by atoms with van der Waals surface area (Å²) < 4.78 is 7.08. The molecule has 3 aromatic heterocycles. The number of aromatic nitrogens is 2. The fourth-order valence-electron chi connectivity index (χ4n) is 3.84. The van der Waals surface area contributed by atoms with E-state index in [0.717, 1.165) is 35.9 Å². The van der Waals surface area contributed by atoms with E-state index in [0.29, 0.717) is 29.9 Å². The lowest BCUT2D eigenvalue weighted by Gasteiger charge is -2.17. The number of hydrogen-bond acceptors (Lipinski definition) is 6. The second-order valence-electron chi connectivity index (χ2n) is 8.48. The molecule has 6 nitrogen and oxygen atoms in total. The van der Waals surface area contributed by atoms with Crippen molar-refractivity contribution in [3.63, 3.8) is 0 Å². The van der Waals surface area contributed by atoms with Crippen LogP contribution in [0.1, 0.15) is 56.2 Å². The molecule has 0 radical (unpaired) electrons. The van der Waals surface area contributed by atoms with Crippen LogP contribution >= 0.6 is 23.1 Å². The number of hydrogen-bond donors (Lipinski definition) is 1. The minimum absolute atomic E-state index is 0.0516. The largest absolute Gasteiger partial charge is 0.467 e. The molecule has 1 N–H and O–H groups in total. The van der Waals surface area contributed by atoms with E-state index in [1.165, 1.54) is 28.6 Å². The normalized spacial score (nSPS) is 14.7. The number of carbonyl (C=O) groups is 1. The lowest BCUT2D eigenvalue weighted by Crippen LogP contribution is -2.31. The molecule has 166 valence electrons. The van der Waals surface area contributed by atoms with Crippen LogP contribution in [0.5, 0.6) is 0 Å². The summed E-state index contributed by atoms with van der Waals surface area (Å²) in [6.45, 7) is 7.13. The Morgan fingerprint density at radius 2 is 2.13 bits per heavy atom. The highest BCUT2D eigenvalue weighted by Gasteiger charge is 2.24. The number of carbonyl (C=O) groups excluding carboxylic acids is 1. The zero-order chi connectivity index (χ0) is 22.0. The van der Waals surface area contributed by atoms with Crippen molar-refractivity contribution in [2.75, 3.05) is 0 Å². The van der Waals surface area contributed by atoms with Crippen LogP contribution in [0.4, 0.5) is 0 Å². The van der Waals surface area contributed by atoms with Crippen molar-refractivity contribution in [2.45, 2.75) is 76.4 Å². The number of furan rings is 1. The van der Waals surface area contributed by atoms with Crippen LogP contribution < -0.4 is 10.9 Å². The number of thioether (sulfide) groups is 1. The molecule has 1 amide bonds. The van der Waals surface area contributed by atoms with Crippen molar-refractivity contribution < 1.29 is 9.21 Å². The Labute approximate surface area is 190 Å². The summed E-state index contributed by atoms with van der Waals surface area (Å²) >= 11 is 3.01. The maximum atomic E-state index is 13.5. The van der Waals surface area contributed by atoms with Gasteiger partial charge >= 0.3 is 0 Å². The van der Waals surface area contributed by atoms with E-state index in [2.05, 4.69) is 19.2 Å². The highest BCUT2D eigenvalue weighted by atomic mass is 32.2. The Morgan fingerprint density at radius 1 is 1.32 bits per heavy atom. The second-order valence-corrected chi connectivity index (χ2v) is 10.9. The zero-order valence-corrected chi connectivity index (χ0v) is 19.9. The van der Waals surface area contributed by atoms with Crippen LogP contribution in [0.2, 0.25) is 0 Å². The smallest absolute Gasteiger partial charge is 0.263 e. The third-order valence-corrected chi connectivity index (χ3v) is 7.91.